The molecular weight excluding hydrogens is 312 g/mol. The van der Waals surface area contributed by atoms with Crippen molar-refractivity contribution in [1.82, 2.24) is 0 Å². The summed E-state index contributed by atoms with van der Waals surface area (Å²) in [4.78, 5) is 1.87. The Labute approximate surface area is 141 Å². The molecule has 0 atom stereocenters. The first-order valence-electron chi connectivity index (χ1n) is 7.24. The Hall–Kier alpha value is -1.26. The van der Waals surface area contributed by atoms with Gasteiger partial charge < -0.3 is 10.2 Å². The Kier molecular flexibility index (Phi) is 5.70. The lowest BCUT2D eigenvalue weighted by Crippen LogP contribution is -1.89. The second-order valence-electron chi connectivity index (χ2n) is 5.55. The van der Waals surface area contributed by atoms with E-state index < -0.39 is 0 Å². The number of aromatic hydroxyl groups is 2. The minimum absolute atomic E-state index is 0.384. The van der Waals surface area contributed by atoms with Gasteiger partial charge in [-0.2, -0.15) is 0 Å². The van der Waals surface area contributed by atoms with Crippen molar-refractivity contribution in [3.05, 3.63) is 46.5 Å². The molecular formula is C18H22O2S2. The Bertz CT molecular complexity index is 622. The summed E-state index contributed by atoms with van der Waals surface area (Å²) in [7, 11) is 0. The molecule has 2 N–H and O–H groups in total. The summed E-state index contributed by atoms with van der Waals surface area (Å²) in [5.41, 5.74) is 4.17. The van der Waals surface area contributed by atoms with Gasteiger partial charge in [0, 0.05) is 21.3 Å². The predicted octanol–water partition coefficient (Wildman–Crippen LogP) is 5.22. The summed E-state index contributed by atoms with van der Waals surface area (Å²) in [5.74, 6) is 2.53. The molecule has 0 aromatic heterocycles. The molecule has 0 heterocycles. The van der Waals surface area contributed by atoms with Crippen LogP contribution in [0.5, 0.6) is 11.5 Å². The number of hydrogen-bond donors (Lipinski definition) is 2. The van der Waals surface area contributed by atoms with E-state index in [0.717, 1.165) is 43.6 Å². The lowest BCUT2D eigenvalue weighted by Gasteiger charge is -2.10. The highest BCUT2D eigenvalue weighted by molar-refractivity contribution is 8.03. The molecule has 118 valence electrons. The number of aryl methyl sites for hydroxylation is 4. The van der Waals surface area contributed by atoms with E-state index in [9.17, 15) is 10.2 Å². The molecule has 22 heavy (non-hydrogen) atoms. The topological polar surface area (TPSA) is 40.5 Å². The van der Waals surface area contributed by atoms with Crippen molar-refractivity contribution in [2.45, 2.75) is 37.5 Å². The van der Waals surface area contributed by atoms with Gasteiger partial charge in [0.2, 0.25) is 0 Å². The van der Waals surface area contributed by atoms with Gasteiger partial charge in [0.1, 0.15) is 11.5 Å². The maximum atomic E-state index is 10.1. The van der Waals surface area contributed by atoms with Crippen LogP contribution in [0.1, 0.15) is 22.3 Å². The third-order valence-corrected chi connectivity index (χ3v) is 5.74. The molecule has 0 saturated heterocycles. The van der Waals surface area contributed by atoms with E-state index in [4.69, 9.17) is 0 Å². The number of thioether (sulfide) groups is 2. The van der Waals surface area contributed by atoms with Crippen LogP contribution >= 0.6 is 23.5 Å². The molecule has 2 aromatic rings. The van der Waals surface area contributed by atoms with Gasteiger partial charge in [-0.15, -0.1) is 23.5 Å². The summed E-state index contributed by atoms with van der Waals surface area (Å²) >= 11 is 3.31. The molecule has 0 saturated carbocycles. The maximum Gasteiger partial charge on any atom is 0.132 e. The number of phenols is 2. The van der Waals surface area contributed by atoms with Crippen molar-refractivity contribution in [2.75, 3.05) is 11.5 Å². The Balaban J connectivity index is 1.96. The van der Waals surface area contributed by atoms with Gasteiger partial charge in [0.25, 0.3) is 0 Å². The average Bonchev–Trinajstić information content (AvgIpc) is 2.44. The van der Waals surface area contributed by atoms with Crippen LogP contribution in [0.25, 0.3) is 0 Å². The highest BCUT2D eigenvalue weighted by Crippen LogP contribution is 2.36. The first-order valence-corrected chi connectivity index (χ1v) is 9.21. The van der Waals surface area contributed by atoms with Crippen LogP contribution in [0, 0.1) is 27.7 Å². The molecule has 2 aromatic carbocycles. The van der Waals surface area contributed by atoms with Crippen molar-refractivity contribution in [3.8, 4) is 11.5 Å². The second kappa shape index (κ2) is 7.34. The highest BCUT2D eigenvalue weighted by atomic mass is 32.2. The fourth-order valence-electron chi connectivity index (χ4n) is 2.37. The SMILES string of the molecule is Cc1cc(C)c(O)c(SCCSc2cc(C)cc(C)c2O)c1. The van der Waals surface area contributed by atoms with E-state index in [2.05, 4.69) is 0 Å². The minimum atomic E-state index is 0.384. The molecule has 0 bridgehead atoms. The van der Waals surface area contributed by atoms with Gasteiger partial charge in [-0.3, -0.25) is 0 Å². The molecule has 0 unspecified atom stereocenters. The zero-order valence-corrected chi connectivity index (χ0v) is 15.1. The van der Waals surface area contributed by atoms with Crippen molar-refractivity contribution in [3.63, 3.8) is 0 Å². The van der Waals surface area contributed by atoms with E-state index in [-0.39, 0.29) is 0 Å². The van der Waals surface area contributed by atoms with E-state index in [1.54, 1.807) is 23.5 Å². The van der Waals surface area contributed by atoms with Crippen LogP contribution in [0.15, 0.2) is 34.1 Å². The molecule has 2 nitrogen and oxygen atoms in total. The summed E-state index contributed by atoms with van der Waals surface area (Å²) in [6.07, 6.45) is 0. The minimum Gasteiger partial charge on any atom is -0.507 e. The molecule has 0 spiro atoms. The Morgan fingerprint density at radius 1 is 0.682 bits per heavy atom. The largest absolute Gasteiger partial charge is 0.507 e. The van der Waals surface area contributed by atoms with Crippen LogP contribution < -0.4 is 0 Å². The zero-order valence-electron chi connectivity index (χ0n) is 13.4. The summed E-state index contributed by atoms with van der Waals surface area (Å²) < 4.78 is 0. The standard InChI is InChI=1S/C18H22O2S2/c1-11-7-13(3)17(19)15(9-11)21-5-6-22-16-10-12(2)8-14(4)18(16)20/h7-10,19-20H,5-6H2,1-4H3. The summed E-state index contributed by atoms with van der Waals surface area (Å²) in [6.45, 7) is 7.93. The summed E-state index contributed by atoms with van der Waals surface area (Å²) in [6, 6.07) is 8.02. The van der Waals surface area contributed by atoms with E-state index >= 15 is 0 Å². The molecule has 4 heteroatoms. The molecule has 2 rings (SSSR count). The smallest absolute Gasteiger partial charge is 0.132 e. The van der Waals surface area contributed by atoms with Gasteiger partial charge in [-0.05, 0) is 62.1 Å². The quantitative estimate of drug-likeness (QED) is 0.581. The molecule has 0 fully saturated rings. The van der Waals surface area contributed by atoms with E-state index in [1.165, 1.54) is 0 Å². The molecule has 0 amide bonds. The Morgan fingerprint density at radius 3 is 1.41 bits per heavy atom. The fourth-order valence-corrected chi connectivity index (χ4v) is 4.61. The van der Waals surface area contributed by atoms with Gasteiger partial charge in [0.05, 0.1) is 0 Å². The highest BCUT2D eigenvalue weighted by Gasteiger charge is 2.08. The monoisotopic (exact) mass is 334 g/mol. The number of hydrogen-bond acceptors (Lipinski definition) is 4. The van der Waals surface area contributed by atoms with Crippen molar-refractivity contribution in [1.29, 1.82) is 0 Å². The van der Waals surface area contributed by atoms with Crippen LogP contribution in [-0.2, 0) is 0 Å². The van der Waals surface area contributed by atoms with Crippen LogP contribution in [0.3, 0.4) is 0 Å². The third kappa shape index (κ3) is 4.14. The second-order valence-corrected chi connectivity index (χ2v) is 7.83. The molecule has 0 aliphatic heterocycles. The first kappa shape index (κ1) is 17.1. The zero-order chi connectivity index (χ0) is 16.3. The van der Waals surface area contributed by atoms with Crippen LogP contribution in [-0.4, -0.2) is 21.7 Å². The number of rotatable bonds is 5. The van der Waals surface area contributed by atoms with Crippen LogP contribution in [0.2, 0.25) is 0 Å². The van der Waals surface area contributed by atoms with E-state index in [1.807, 2.05) is 52.0 Å². The lowest BCUT2D eigenvalue weighted by atomic mass is 10.1. The number of benzene rings is 2. The van der Waals surface area contributed by atoms with Gasteiger partial charge in [-0.25, -0.2) is 0 Å². The molecule has 0 aliphatic carbocycles. The van der Waals surface area contributed by atoms with Crippen molar-refractivity contribution in [2.24, 2.45) is 0 Å². The number of phenolic OH excluding ortho intramolecular Hbond substituents is 2. The van der Waals surface area contributed by atoms with Gasteiger partial charge in [-0.1, -0.05) is 12.1 Å². The molecule has 0 radical (unpaired) electrons. The average molecular weight is 335 g/mol. The maximum absolute atomic E-state index is 10.1. The van der Waals surface area contributed by atoms with Crippen LogP contribution in [0.4, 0.5) is 0 Å². The van der Waals surface area contributed by atoms with Gasteiger partial charge >= 0.3 is 0 Å². The third-order valence-electron chi connectivity index (χ3n) is 3.42. The van der Waals surface area contributed by atoms with E-state index in [0.29, 0.717) is 11.5 Å². The normalized spacial score (nSPS) is 10.9. The predicted molar refractivity (Wildman–Crippen MR) is 96.6 cm³/mol. The lowest BCUT2D eigenvalue weighted by molar-refractivity contribution is 0.457. The first-order chi connectivity index (χ1) is 10.4. The Morgan fingerprint density at radius 2 is 1.05 bits per heavy atom. The summed E-state index contributed by atoms with van der Waals surface area (Å²) in [5, 5.41) is 20.2. The van der Waals surface area contributed by atoms with Crippen molar-refractivity contribution >= 4 is 23.5 Å². The van der Waals surface area contributed by atoms with Crippen molar-refractivity contribution < 1.29 is 10.2 Å². The fraction of sp³-hybridized carbons (Fsp3) is 0.333. The van der Waals surface area contributed by atoms with Gasteiger partial charge in [0.15, 0.2) is 0 Å². The molecule has 0 aliphatic rings.